The standard InChI is InChI=1S/C20H23BrN2O3/c1-6-26-19-17(21)9-15(10-18(19)25-5)20(24)23-22-11-16-13(3)7-12(2)8-14(16)4/h7-11H,6H2,1-5H3,(H,23,24)/b22-11-. The van der Waals surface area contributed by atoms with E-state index >= 15 is 0 Å². The van der Waals surface area contributed by atoms with Crippen LogP contribution in [0.15, 0.2) is 33.8 Å². The number of aryl methyl sites for hydroxylation is 3. The SMILES string of the molecule is CCOc1c(Br)cc(C(=O)N/N=C\c2c(C)cc(C)cc2C)cc1OC. The lowest BCUT2D eigenvalue weighted by Gasteiger charge is -2.12. The zero-order valence-electron chi connectivity index (χ0n) is 15.6. The fourth-order valence-corrected chi connectivity index (χ4v) is 3.31. The van der Waals surface area contributed by atoms with Crippen molar-refractivity contribution < 1.29 is 14.3 Å². The molecule has 138 valence electrons. The highest BCUT2D eigenvalue weighted by atomic mass is 79.9. The van der Waals surface area contributed by atoms with Gasteiger partial charge in [-0.25, -0.2) is 5.43 Å². The van der Waals surface area contributed by atoms with Crippen molar-refractivity contribution in [3.05, 3.63) is 56.6 Å². The molecule has 26 heavy (non-hydrogen) atoms. The van der Waals surface area contributed by atoms with Gasteiger partial charge in [0.1, 0.15) is 0 Å². The first-order valence-electron chi connectivity index (χ1n) is 8.29. The van der Waals surface area contributed by atoms with Crippen molar-refractivity contribution in [2.24, 2.45) is 5.10 Å². The number of carbonyl (C=O) groups is 1. The van der Waals surface area contributed by atoms with Gasteiger partial charge in [-0.15, -0.1) is 0 Å². The highest BCUT2D eigenvalue weighted by Gasteiger charge is 2.15. The maximum absolute atomic E-state index is 12.4. The minimum absolute atomic E-state index is 0.328. The number of hydrazone groups is 1. The second-order valence-electron chi connectivity index (χ2n) is 5.93. The Morgan fingerprint density at radius 2 is 1.85 bits per heavy atom. The lowest BCUT2D eigenvalue weighted by molar-refractivity contribution is 0.0954. The molecule has 2 aromatic rings. The lowest BCUT2D eigenvalue weighted by Crippen LogP contribution is -2.18. The number of hydrogen-bond donors (Lipinski definition) is 1. The van der Waals surface area contributed by atoms with Gasteiger partial charge in [-0.3, -0.25) is 4.79 Å². The summed E-state index contributed by atoms with van der Waals surface area (Å²) < 4.78 is 11.5. The zero-order valence-corrected chi connectivity index (χ0v) is 17.2. The molecule has 0 aromatic heterocycles. The molecule has 2 rings (SSSR count). The third-order valence-electron chi connectivity index (χ3n) is 3.88. The molecule has 2 aromatic carbocycles. The van der Waals surface area contributed by atoms with Crippen LogP contribution >= 0.6 is 15.9 Å². The van der Waals surface area contributed by atoms with Crippen LogP contribution in [0.5, 0.6) is 11.5 Å². The molecule has 0 radical (unpaired) electrons. The minimum atomic E-state index is -0.328. The number of nitrogens with one attached hydrogen (secondary N) is 1. The molecule has 0 aliphatic rings. The molecular weight excluding hydrogens is 396 g/mol. The van der Waals surface area contributed by atoms with E-state index in [9.17, 15) is 4.79 Å². The number of rotatable bonds is 6. The molecule has 0 fully saturated rings. The molecule has 0 spiro atoms. The van der Waals surface area contributed by atoms with Gasteiger partial charge in [-0.1, -0.05) is 17.7 Å². The van der Waals surface area contributed by atoms with Crippen LogP contribution in [-0.2, 0) is 0 Å². The number of benzene rings is 2. The number of hydrogen-bond acceptors (Lipinski definition) is 4. The van der Waals surface area contributed by atoms with Crippen LogP contribution in [0.4, 0.5) is 0 Å². The van der Waals surface area contributed by atoms with Crippen LogP contribution in [0, 0.1) is 20.8 Å². The zero-order chi connectivity index (χ0) is 19.3. The largest absolute Gasteiger partial charge is 0.493 e. The summed E-state index contributed by atoms with van der Waals surface area (Å²) in [6.07, 6.45) is 1.67. The topological polar surface area (TPSA) is 59.9 Å². The summed E-state index contributed by atoms with van der Waals surface area (Å²) in [6, 6.07) is 7.49. The Morgan fingerprint density at radius 1 is 1.19 bits per heavy atom. The fraction of sp³-hybridized carbons (Fsp3) is 0.300. The number of methoxy groups -OCH3 is 1. The Labute approximate surface area is 162 Å². The summed E-state index contributed by atoms with van der Waals surface area (Å²) in [6.45, 7) is 8.49. The second kappa shape index (κ2) is 8.85. The van der Waals surface area contributed by atoms with Crippen LogP contribution in [0.25, 0.3) is 0 Å². The third kappa shape index (κ3) is 4.64. The van der Waals surface area contributed by atoms with Gasteiger partial charge < -0.3 is 9.47 Å². The van der Waals surface area contributed by atoms with Crippen molar-refractivity contribution in [1.29, 1.82) is 0 Å². The van der Waals surface area contributed by atoms with Crippen LogP contribution in [-0.4, -0.2) is 25.8 Å². The first-order valence-corrected chi connectivity index (χ1v) is 9.08. The number of carbonyl (C=O) groups excluding carboxylic acids is 1. The van der Waals surface area contributed by atoms with Gasteiger partial charge in [0.2, 0.25) is 0 Å². The Morgan fingerprint density at radius 3 is 2.42 bits per heavy atom. The van der Waals surface area contributed by atoms with Gasteiger partial charge in [0.25, 0.3) is 5.91 Å². The quantitative estimate of drug-likeness (QED) is 0.552. The Kier molecular flexibility index (Phi) is 6.80. The van der Waals surface area contributed by atoms with Crippen molar-refractivity contribution >= 4 is 28.1 Å². The van der Waals surface area contributed by atoms with E-state index in [1.165, 1.54) is 12.7 Å². The van der Waals surface area contributed by atoms with E-state index in [-0.39, 0.29) is 5.91 Å². The molecule has 0 unspecified atom stereocenters. The van der Waals surface area contributed by atoms with Crippen molar-refractivity contribution in [1.82, 2.24) is 5.43 Å². The van der Waals surface area contributed by atoms with Crippen molar-refractivity contribution in [3.63, 3.8) is 0 Å². The average molecular weight is 419 g/mol. The van der Waals surface area contributed by atoms with Crippen LogP contribution in [0.3, 0.4) is 0 Å². The molecule has 0 atom stereocenters. The van der Waals surface area contributed by atoms with E-state index in [1.807, 2.05) is 20.8 Å². The van der Waals surface area contributed by atoms with Gasteiger partial charge >= 0.3 is 0 Å². The van der Waals surface area contributed by atoms with Gasteiger partial charge in [-0.2, -0.15) is 5.10 Å². The van der Waals surface area contributed by atoms with Crippen molar-refractivity contribution in [3.8, 4) is 11.5 Å². The molecule has 5 nitrogen and oxygen atoms in total. The summed E-state index contributed by atoms with van der Waals surface area (Å²) in [4.78, 5) is 12.4. The highest BCUT2D eigenvalue weighted by Crippen LogP contribution is 2.36. The van der Waals surface area contributed by atoms with E-state index < -0.39 is 0 Å². The van der Waals surface area contributed by atoms with E-state index in [2.05, 4.69) is 45.5 Å². The van der Waals surface area contributed by atoms with Gasteiger partial charge in [0.05, 0.1) is 24.4 Å². The molecule has 6 heteroatoms. The molecule has 0 saturated carbocycles. The molecule has 0 bridgehead atoms. The number of ether oxygens (including phenoxy) is 2. The predicted molar refractivity (Wildman–Crippen MR) is 108 cm³/mol. The number of nitrogens with zero attached hydrogens (tertiary/aromatic N) is 1. The van der Waals surface area contributed by atoms with Crippen LogP contribution in [0.1, 0.15) is 39.5 Å². The third-order valence-corrected chi connectivity index (χ3v) is 4.47. The maximum Gasteiger partial charge on any atom is 0.271 e. The molecule has 0 saturated heterocycles. The monoisotopic (exact) mass is 418 g/mol. The van der Waals surface area contributed by atoms with E-state index in [0.29, 0.717) is 28.1 Å². The smallest absolute Gasteiger partial charge is 0.271 e. The van der Waals surface area contributed by atoms with E-state index in [4.69, 9.17) is 9.47 Å². The lowest BCUT2D eigenvalue weighted by atomic mass is 10.0. The first kappa shape index (κ1) is 20.0. The van der Waals surface area contributed by atoms with Crippen LogP contribution < -0.4 is 14.9 Å². The van der Waals surface area contributed by atoms with E-state index in [0.717, 1.165) is 16.7 Å². The van der Waals surface area contributed by atoms with E-state index in [1.54, 1.807) is 18.3 Å². The van der Waals surface area contributed by atoms with Crippen molar-refractivity contribution in [2.45, 2.75) is 27.7 Å². The highest BCUT2D eigenvalue weighted by molar-refractivity contribution is 9.10. The normalized spacial score (nSPS) is 10.8. The molecule has 0 aliphatic heterocycles. The van der Waals surface area contributed by atoms with Crippen LogP contribution in [0.2, 0.25) is 0 Å². The van der Waals surface area contributed by atoms with Gasteiger partial charge in [0.15, 0.2) is 11.5 Å². The van der Waals surface area contributed by atoms with Crippen molar-refractivity contribution in [2.75, 3.05) is 13.7 Å². The fourth-order valence-electron chi connectivity index (χ4n) is 2.75. The summed E-state index contributed by atoms with van der Waals surface area (Å²) >= 11 is 3.42. The Hall–Kier alpha value is -2.34. The Balaban J connectivity index is 2.19. The summed E-state index contributed by atoms with van der Waals surface area (Å²) in [7, 11) is 1.53. The number of halogens is 1. The predicted octanol–water partition coefficient (Wildman–Crippen LogP) is 4.55. The summed E-state index contributed by atoms with van der Waals surface area (Å²) in [5.41, 5.74) is 7.42. The van der Waals surface area contributed by atoms with Gasteiger partial charge in [-0.05, 0) is 66.9 Å². The second-order valence-corrected chi connectivity index (χ2v) is 6.79. The summed E-state index contributed by atoms with van der Waals surface area (Å²) in [5.74, 6) is 0.729. The maximum atomic E-state index is 12.4. The van der Waals surface area contributed by atoms with Gasteiger partial charge in [0, 0.05) is 11.1 Å². The molecule has 1 amide bonds. The Bertz CT molecular complexity index is 824. The first-order chi connectivity index (χ1) is 12.4. The molecule has 0 aliphatic carbocycles. The molecule has 0 heterocycles. The molecule has 1 N–H and O–H groups in total. The summed E-state index contributed by atoms with van der Waals surface area (Å²) in [5, 5.41) is 4.10. The minimum Gasteiger partial charge on any atom is -0.493 e. The average Bonchev–Trinajstić information content (AvgIpc) is 2.58. The molecular formula is C20H23BrN2O3. The number of amides is 1.